The summed E-state index contributed by atoms with van der Waals surface area (Å²) >= 11 is 0. The second-order valence-corrected chi connectivity index (χ2v) is 3.38. The van der Waals surface area contributed by atoms with E-state index in [1.54, 1.807) is 12.1 Å². The molecule has 1 aromatic carbocycles. The molecule has 3 nitrogen and oxygen atoms in total. The van der Waals surface area contributed by atoms with E-state index in [-0.39, 0.29) is 12.2 Å². The van der Waals surface area contributed by atoms with Gasteiger partial charge in [0.1, 0.15) is 5.82 Å². The van der Waals surface area contributed by atoms with Gasteiger partial charge in [0, 0.05) is 6.20 Å². The van der Waals surface area contributed by atoms with E-state index in [9.17, 15) is 9.18 Å². The molecule has 0 saturated carbocycles. The first-order valence-electron chi connectivity index (χ1n) is 4.79. The van der Waals surface area contributed by atoms with E-state index in [1.165, 1.54) is 24.4 Å². The molecule has 0 spiro atoms. The highest BCUT2D eigenvalue weighted by Crippen LogP contribution is 2.20. The van der Waals surface area contributed by atoms with E-state index in [4.69, 9.17) is 5.11 Å². The summed E-state index contributed by atoms with van der Waals surface area (Å²) in [4.78, 5) is 14.1. The molecule has 0 amide bonds. The molecule has 2 aromatic rings. The van der Waals surface area contributed by atoms with E-state index in [1.807, 2.05) is 0 Å². The molecule has 0 fully saturated rings. The second-order valence-electron chi connectivity index (χ2n) is 3.38. The van der Waals surface area contributed by atoms with Gasteiger partial charge < -0.3 is 10.1 Å². The number of rotatable bonds is 2. The third-order valence-corrected chi connectivity index (χ3v) is 2.33. The number of hydrogen-bond acceptors (Lipinski definition) is 2. The minimum absolute atomic E-state index is 0.254. The van der Waals surface area contributed by atoms with Crippen molar-refractivity contribution in [1.29, 1.82) is 0 Å². The van der Waals surface area contributed by atoms with Crippen molar-refractivity contribution in [2.24, 2.45) is 0 Å². The summed E-state index contributed by atoms with van der Waals surface area (Å²) in [6, 6.07) is 7.33. The number of nitrogens with one attached hydrogen (secondary N) is 1. The molecule has 1 heterocycles. The third-order valence-electron chi connectivity index (χ3n) is 2.33. The molecule has 0 aliphatic rings. The van der Waals surface area contributed by atoms with Crippen molar-refractivity contribution in [2.45, 2.75) is 6.61 Å². The Morgan fingerprint density at radius 3 is 2.81 bits per heavy atom. The maximum absolute atomic E-state index is 13.0. The van der Waals surface area contributed by atoms with Crippen molar-refractivity contribution in [3.05, 3.63) is 58.3 Å². The van der Waals surface area contributed by atoms with Crippen LogP contribution in [-0.2, 0) is 6.61 Å². The fraction of sp³-hybridized carbons (Fsp3) is 0.0833. The number of aliphatic hydroxyl groups excluding tert-OH is 1. The van der Waals surface area contributed by atoms with Crippen LogP contribution in [0.5, 0.6) is 0 Å². The first-order valence-corrected chi connectivity index (χ1v) is 4.79. The second kappa shape index (κ2) is 4.28. The minimum atomic E-state index is -0.412. The van der Waals surface area contributed by atoms with Crippen molar-refractivity contribution in [1.82, 2.24) is 4.98 Å². The molecule has 0 atom stereocenters. The summed E-state index contributed by atoms with van der Waals surface area (Å²) in [6.45, 7) is -0.254. The summed E-state index contributed by atoms with van der Waals surface area (Å²) < 4.78 is 13.0. The Morgan fingerprint density at radius 1 is 1.31 bits per heavy atom. The summed E-state index contributed by atoms with van der Waals surface area (Å²) in [5.41, 5.74) is 0.918. The van der Waals surface area contributed by atoms with Crippen LogP contribution in [0.3, 0.4) is 0 Å². The average Bonchev–Trinajstić information content (AvgIpc) is 2.28. The number of aromatic amines is 1. The maximum Gasteiger partial charge on any atom is 0.256 e. The third kappa shape index (κ3) is 1.87. The van der Waals surface area contributed by atoms with Gasteiger partial charge in [-0.3, -0.25) is 4.79 Å². The number of aliphatic hydroxyl groups is 1. The van der Waals surface area contributed by atoms with E-state index < -0.39 is 5.82 Å². The fourth-order valence-electron chi connectivity index (χ4n) is 1.61. The average molecular weight is 219 g/mol. The Hall–Kier alpha value is -1.94. The van der Waals surface area contributed by atoms with Crippen LogP contribution < -0.4 is 5.56 Å². The lowest BCUT2D eigenvalue weighted by molar-refractivity contribution is 0.282. The predicted molar refractivity (Wildman–Crippen MR) is 58.4 cm³/mol. The molecule has 0 unspecified atom stereocenters. The van der Waals surface area contributed by atoms with Gasteiger partial charge in [0.2, 0.25) is 0 Å². The molecule has 0 radical (unpaired) electrons. The lowest BCUT2D eigenvalue weighted by atomic mass is 10.0. The minimum Gasteiger partial charge on any atom is -0.392 e. The number of H-pyrrole nitrogens is 1. The van der Waals surface area contributed by atoms with Gasteiger partial charge in [-0.05, 0) is 29.3 Å². The molecule has 16 heavy (non-hydrogen) atoms. The van der Waals surface area contributed by atoms with Crippen LogP contribution in [0.4, 0.5) is 4.39 Å². The first-order chi connectivity index (χ1) is 7.72. The molecular formula is C12H10FNO2. The van der Waals surface area contributed by atoms with Gasteiger partial charge in [-0.25, -0.2) is 4.39 Å². The SMILES string of the molecule is O=c1[nH]ccc(CO)c1-c1cccc(F)c1. The van der Waals surface area contributed by atoms with Crippen LogP contribution in [0, 0.1) is 5.82 Å². The van der Waals surface area contributed by atoms with Gasteiger partial charge in [-0.1, -0.05) is 12.1 Å². The van der Waals surface area contributed by atoms with E-state index >= 15 is 0 Å². The molecule has 0 saturated heterocycles. The zero-order valence-electron chi connectivity index (χ0n) is 8.40. The smallest absolute Gasteiger partial charge is 0.256 e. The standard InChI is InChI=1S/C12H10FNO2/c13-10-3-1-2-8(6-10)11-9(7-15)4-5-14-12(11)16/h1-6,15H,7H2,(H,14,16). The number of aromatic nitrogens is 1. The Kier molecular flexibility index (Phi) is 2.83. The molecule has 0 aliphatic heterocycles. The van der Waals surface area contributed by atoms with Crippen LogP contribution in [0.2, 0.25) is 0 Å². The fourth-order valence-corrected chi connectivity index (χ4v) is 1.61. The molecule has 0 bridgehead atoms. The molecule has 0 aliphatic carbocycles. The molecular weight excluding hydrogens is 209 g/mol. The Balaban J connectivity index is 2.68. The lowest BCUT2D eigenvalue weighted by Gasteiger charge is -2.05. The number of hydrogen-bond donors (Lipinski definition) is 2. The van der Waals surface area contributed by atoms with E-state index in [0.717, 1.165) is 0 Å². The summed E-state index contributed by atoms with van der Waals surface area (Å²) in [6.07, 6.45) is 1.46. The van der Waals surface area contributed by atoms with Gasteiger partial charge in [-0.2, -0.15) is 0 Å². The van der Waals surface area contributed by atoms with Crippen LogP contribution in [0.1, 0.15) is 5.56 Å². The van der Waals surface area contributed by atoms with Gasteiger partial charge >= 0.3 is 0 Å². The Bertz CT molecular complexity index is 563. The van der Waals surface area contributed by atoms with E-state index in [0.29, 0.717) is 16.7 Å². The van der Waals surface area contributed by atoms with Crippen molar-refractivity contribution < 1.29 is 9.50 Å². The van der Waals surface area contributed by atoms with Crippen LogP contribution in [0.25, 0.3) is 11.1 Å². The maximum atomic E-state index is 13.0. The van der Waals surface area contributed by atoms with E-state index in [2.05, 4.69) is 4.98 Å². The summed E-state index contributed by atoms with van der Waals surface area (Å²) in [7, 11) is 0. The van der Waals surface area contributed by atoms with Crippen molar-refractivity contribution in [3.8, 4) is 11.1 Å². The number of pyridine rings is 1. The zero-order valence-corrected chi connectivity index (χ0v) is 8.40. The number of benzene rings is 1. The van der Waals surface area contributed by atoms with Gasteiger partial charge in [0.15, 0.2) is 0 Å². The summed E-state index contributed by atoms with van der Waals surface area (Å²) in [5.74, 6) is -0.412. The van der Waals surface area contributed by atoms with Crippen molar-refractivity contribution >= 4 is 0 Å². The predicted octanol–water partition coefficient (Wildman–Crippen LogP) is 1.67. The van der Waals surface area contributed by atoms with Gasteiger partial charge in [0.25, 0.3) is 5.56 Å². The van der Waals surface area contributed by atoms with Crippen LogP contribution in [-0.4, -0.2) is 10.1 Å². The van der Waals surface area contributed by atoms with Gasteiger partial charge in [-0.15, -0.1) is 0 Å². The quantitative estimate of drug-likeness (QED) is 0.807. The van der Waals surface area contributed by atoms with Crippen molar-refractivity contribution in [3.63, 3.8) is 0 Å². The Morgan fingerprint density at radius 2 is 2.12 bits per heavy atom. The number of halogens is 1. The van der Waals surface area contributed by atoms with Crippen LogP contribution in [0.15, 0.2) is 41.3 Å². The lowest BCUT2D eigenvalue weighted by Crippen LogP contribution is -2.11. The highest BCUT2D eigenvalue weighted by Gasteiger charge is 2.09. The molecule has 4 heteroatoms. The van der Waals surface area contributed by atoms with Crippen molar-refractivity contribution in [2.75, 3.05) is 0 Å². The molecule has 2 N–H and O–H groups in total. The first kappa shape index (κ1) is 10.6. The molecule has 1 aromatic heterocycles. The normalized spacial score (nSPS) is 10.4. The molecule has 82 valence electrons. The zero-order chi connectivity index (χ0) is 11.5. The summed E-state index contributed by atoms with van der Waals surface area (Å²) in [5, 5.41) is 9.13. The largest absolute Gasteiger partial charge is 0.392 e. The molecule has 2 rings (SSSR count). The monoisotopic (exact) mass is 219 g/mol. The highest BCUT2D eigenvalue weighted by molar-refractivity contribution is 5.66. The highest BCUT2D eigenvalue weighted by atomic mass is 19.1. The van der Waals surface area contributed by atoms with Gasteiger partial charge in [0.05, 0.1) is 12.2 Å². The Labute approximate surface area is 91.2 Å². The topological polar surface area (TPSA) is 53.1 Å². The van der Waals surface area contributed by atoms with Crippen LogP contribution >= 0.6 is 0 Å².